The zero-order valence-electron chi connectivity index (χ0n) is 5.28. The summed E-state index contributed by atoms with van der Waals surface area (Å²) in [4.78, 5) is 12.2. The van der Waals surface area contributed by atoms with Crippen molar-refractivity contribution in [3.05, 3.63) is 0 Å². The van der Waals surface area contributed by atoms with E-state index in [4.69, 9.17) is 5.73 Å². The standard InChI is InChI=1S/C4H11IN3O/c1-5-8-3-2-7-4(6)9/h8H,2-3H2,1H3,(H3,6,7,9)/q-1. The fourth-order valence-electron chi connectivity index (χ4n) is 0.327. The molecular formula is C4H11IN3O-. The summed E-state index contributed by atoms with van der Waals surface area (Å²) in [6.07, 6.45) is 0. The van der Waals surface area contributed by atoms with Crippen LogP contribution in [-0.4, -0.2) is 24.1 Å². The van der Waals surface area contributed by atoms with Crippen LogP contribution < -0.4 is 36.1 Å². The average molecular weight is 244 g/mol. The molecule has 0 spiro atoms. The Labute approximate surface area is 65.2 Å². The van der Waals surface area contributed by atoms with Crippen molar-refractivity contribution in [3.63, 3.8) is 0 Å². The summed E-state index contributed by atoms with van der Waals surface area (Å²) in [5.41, 5.74) is 4.81. The van der Waals surface area contributed by atoms with Gasteiger partial charge in [0.25, 0.3) is 0 Å². The Kier molecular flexibility index (Phi) is 6.06. The molecule has 0 atom stereocenters. The van der Waals surface area contributed by atoms with Gasteiger partial charge in [-0.25, -0.2) is 0 Å². The molecule has 4 nitrogen and oxygen atoms in total. The Morgan fingerprint density at radius 2 is 2.33 bits per heavy atom. The van der Waals surface area contributed by atoms with Gasteiger partial charge >= 0.3 is 64.9 Å². The predicted octanol–water partition coefficient (Wildman–Crippen LogP) is -4.12. The van der Waals surface area contributed by atoms with Gasteiger partial charge in [0, 0.05) is 0 Å². The molecule has 2 amide bonds. The van der Waals surface area contributed by atoms with E-state index in [2.05, 4.69) is 13.8 Å². The van der Waals surface area contributed by atoms with Crippen molar-refractivity contribution in [2.75, 3.05) is 18.0 Å². The average Bonchev–Trinajstić information content (AvgIpc) is 1.80. The van der Waals surface area contributed by atoms with Gasteiger partial charge in [-0.15, -0.1) is 0 Å². The van der Waals surface area contributed by atoms with Gasteiger partial charge < -0.3 is 0 Å². The molecule has 0 rings (SSSR count). The molecule has 0 fully saturated rings. The van der Waals surface area contributed by atoms with Crippen molar-refractivity contribution in [1.29, 1.82) is 0 Å². The quantitative estimate of drug-likeness (QED) is 0.203. The number of nitrogens with two attached hydrogens (primary N) is 1. The van der Waals surface area contributed by atoms with E-state index in [9.17, 15) is 4.79 Å². The molecule has 0 aromatic heterocycles. The van der Waals surface area contributed by atoms with Crippen molar-refractivity contribution in [3.8, 4) is 0 Å². The Morgan fingerprint density at radius 3 is 2.78 bits per heavy atom. The third-order valence-electron chi connectivity index (χ3n) is 0.652. The molecule has 0 aliphatic rings. The molecule has 0 unspecified atom stereocenters. The summed E-state index contributed by atoms with van der Waals surface area (Å²) < 4.78 is 3.14. The number of primary amides is 1. The molecule has 56 valence electrons. The predicted molar refractivity (Wildman–Crippen MR) is 31.5 cm³/mol. The van der Waals surface area contributed by atoms with Gasteiger partial charge in [-0.2, -0.15) is 0 Å². The molecule has 0 radical (unpaired) electrons. The Morgan fingerprint density at radius 1 is 1.67 bits per heavy atom. The molecule has 0 heterocycles. The molecule has 5 heteroatoms. The zero-order valence-corrected chi connectivity index (χ0v) is 7.44. The first-order valence-corrected chi connectivity index (χ1v) is 5.75. The van der Waals surface area contributed by atoms with Crippen LogP contribution in [0.1, 0.15) is 0 Å². The molecule has 0 bridgehead atoms. The topological polar surface area (TPSA) is 67.2 Å². The van der Waals surface area contributed by atoms with Gasteiger partial charge in [-0.1, -0.05) is 0 Å². The van der Waals surface area contributed by atoms with Crippen LogP contribution in [0.25, 0.3) is 0 Å². The first-order chi connectivity index (χ1) is 4.27. The minimum atomic E-state index is -0.453. The van der Waals surface area contributed by atoms with E-state index < -0.39 is 6.03 Å². The van der Waals surface area contributed by atoms with Crippen molar-refractivity contribution < 1.29 is 26.3 Å². The number of nitrogens with one attached hydrogen (secondary N) is 2. The Balaban J connectivity index is 2.83. The van der Waals surface area contributed by atoms with Crippen LogP contribution in [0.15, 0.2) is 0 Å². The van der Waals surface area contributed by atoms with Crippen molar-refractivity contribution >= 4 is 6.03 Å². The van der Waals surface area contributed by atoms with Crippen LogP contribution >= 0.6 is 0 Å². The number of carbonyl (C=O) groups is 1. The minimum absolute atomic E-state index is 0.133. The van der Waals surface area contributed by atoms with E-state index in [1.54, 1.807) is 0 Å². The number of alkyl halides is 1. The molecular weight excluding hydrogens is 233 g/mol. The van der Waals surface area contributed by atoms with E-state index in [1.807, 2.05) is 0 Å². The van der Waals surface area contributed by atoms with Gasteiger partial charge in [0.2, 0.25) is 0 Å². The number of hydrogen-bond acceptors (Lipinski definition) is 2. The fraction of sp³-hybridized carbons (Fsp3) is 0.750. The van der Waals surface area contributed by atoms with Gasteiger partial charge in [-0.3, -0.25) is 0 Å². The van der Waals surface area contributed by atoms with E-state index in [0.717, 1.165) is 6.54 Å². The molecule has 0 aliphatic heterocycles. The van der Waals surface area contributed by atoms with Crippen LogP contribution in [0.4, 0.5) is 4.79 Å². The van der Waals surface area contributed by atoms with Crippen LogP contribution in [0.5, 0.6) is 0 Å². The van der Waals surface area contributed by atoms with E-state index in [0.29, 0.717) is 6.54 Å². The van der Waals surface area contributed by atoms with E-state index in [1.165, 1.54) is 0 Å². The number of hydrogen-bond donors (Lipinski definition) is 3. The monoisotopic (exact) mass is 244 g/mol. The molecule has 0 saturated carbocycles. The van der Waals surface area contributed by atoms with Crippen LogP contribution in [0, 0.1) is 0 Å². The second-order valence-corrected chi connectivity index (χ2v) is 3.21. The second kappa shape index (κ2) is 6.09. The number of halogens is 1. The van der Waals surface area contributed by atoms with Crippen LogP contribution in [0.3, 0.4) is 0 Å². The van der Waals surface area contributed by atoms with E-state index >= 15 is 0 Å². The van der Waals surface area contributed by atoms with Crippen LogP contribution in [-0.2, 0) is 0 Å². The second-order valence-electron chi connectivity index (χ2n) is 1.36. The Hall–Kier alpha value is -0.0400. The summed E-state index contributed by atoms with van der Waals surface area (Å²) >= 11 is 0.133. The summed E-state index contributed by atoms with van der Waals surface area (Å²) in [6, 6.07) is -0.453. The number of carbonyl (C=O) groups excluding carboxylic acids is 1. The van der Waals surface area contributed by atoms with Gasteiger partial charge in [0.15, 0.2) is 0 Å². The number of urea groups is 1. The van der Waals surface area contributed by atoms with E-state index in [-0.39, 0.29) is 21.5 Å². The summed E-state index contributed by atoms with van der Waals surface area (Å²) in [5.74, 6) is 0. The molecule has 4 N–H and O–H groups in total. The fourth-order valence-corrected chi connectivity index (χ4v) is 1.14. The molecule has 0 saturated heterocycles. The summed E-state index contributed by atoms with van der Waals surface area (Å²) in [6.45, 7) is 1.45. The Bertz CT molecular complexity index is 87.9. The molecule has 0 aromatic rings. The third-order valence-corrected chi connectivity index (χ3v) is 1.95. The van der Waals surface area contributed by atoms with Gasteiger partial charge in [0.1, 0.15) is 0 Å². The first-order valence-electron chi connectivity index (χ1n) is 2.52. The number of amides is 2. The normalized spacial score (nSPS) is 9.44. The molecule has 0 aliphatic carbocycles. The summed E-state index contributed by atoms with van der Waals surface area (Å²) in [5, 5.41) is 2.47. The summed E-state index contributed by atoms with van der Waals surface area (Å²) in [7, 11) is 0. The first kappa shape index (κ1) is 8.96. The molecule has 9 heavy (non-hydrogen) atoms. The van der Waals surface area contributed by atoms with Gasteiger partial charge in [0.05, 0.1) is 0 Å². The van der Waals surface area contributed by atoms with Crippen molar-refractivity contribution in [2.24, 2.45) is 5.73 Å². The van der Waals surface area contributed by atoms with Crippen LogP contribution in [0.2, 0.25) is 0 Å². The van der Waals surface area contributed by atoms with Crippen molar-refractivity contribution in [2.45, 2.75) is 0 Å². The van der Waals surface area contributed by atoms with Gasteiger partial charge in [-0.05, 0) is 0 Å². The molecule has 0 aromatic carbocycles. The van der Waals surface area contributed by atoms with Crippen molar-refractivity contribution in [1.82, 2.24) is 8.85 Å². The zero-order chi connectivity index (χ0) is 7.11. The SMILES string of the molecule is C[I-]NCCNC(N)=O. The third kappa shape index (κ3) is 7.96. The maximum atomic E-state index is 10.1. The maximum absolute atomic E-state index is 10.1. The number of rotatable bonds is 4.